The van der Waals surface area contributed by atoms with Gasteiger partial charge in [-0.1, -0.05) is 6.92 Å². The minimum atomic E-state index is 0. The van der Waals surface area contributed by atoms with Crippen molar-refractivity contribution in [2.45, 2.75) is 13.3 Å². The number of rotatable bonds is 1. The van der Waals surface area contributed by atoms with Gasteiger partial charge in [-0.2, -0.15) is 0 Å². The van der Waals surface area contributed by atoms with Gasteiger partial charge in [0.1, 0.15) is 5.65 Å². The smallest absolute Gasteiger partial charge is 0.137 e. The van der Waals surface area contributed by atoms with E-state index < -0.39 is 0 Å². The van der Waals surface area contributed by atoms with Gasteiger partial charge in [-0.05, 0) is 24.1 Å². The standard InChI is InChI=1S/C9H10N2.H2/c1-2-7-6-11-9-8(7)4-3-5-10-9;/h3-6H,2H2,1H3,(H,10,11);1H. The summed E-state index contributed by atoms with van der Waals surface area (Å²) in [6.45, 7) is 2.15. The quantitative estimate of drug-likeness (QED) is 0.660. The summed E-state index contributed by atoms with van der Waals surface area (Å²) in [4.78, 5) is 7.32. The van der Waals surface area contributed by atoms with Crippen molar-refractivity contribution >= 4 is 11.0 Å². The third-order valence-electron chi connectivity index (χ3n) is 1.92. The average molecular weight is 148 g/mol. The number of hydrogen-bond donors (Lipinski definition) is 1. The van der Waals surface area contributed by atoms with Crippen molar-refractivity contribution in [2.75, 3.05) is 0 Å². The summed E-state index contributed by atoms with van der Waals surface area (Å²) in [5, 5.41) is 1.25. The number of hydrogen-bond acceptors (Lipinski definition) is 1. The molecule has 2 heteroatoms. The molecule has 11 heavy (non-hydrogen) atoms. The third-order valence-corrected chi connectivity index (χ3v) is 1.92. The summed E-state index contributed by atoms with van der Waals surface area (Å²) in [7, 11) is 0. The van der Waals surface area contributed by atoms with Gasteiger partial charge in [0.25, 0.3) is 0 Å². The lowest BCUT2D eigenvalue weighted by Crippen LogP contribution is -1.75. The molecule has 2 nitrogen and oxygen atoms in total. The van der Waals surface area contributed by atoms with Crippen LogP contribution in [-0.2, 0) is 6.42 Å². The number of nitrogens with zero attached hydrogens (tertiary/aromatic N) is 1. The third kappa shape index (κ3) is 0.909. The first-order chi connectivity index (χ1) is 5.42. The van der Waals surface area contributed by atoms with Crippen molar-refractivity contribution in [3.63, 3.8) is 0 Å². The van der Waals surface area contributed by atoms with Gasteiger partial charge in [-0.15, -0.1) is 0 Å². The number of nitrogens with one attached hydrogen (secondary N) is 1. The van der Waals surface area contributed by atoms with Crippen molar-refractivity contribution in [3.8, 4) is 0 Å². The molecule has 0 fully saturated rings. The summed E-state index contributed by atoms with van der Waals surface area (Å²) < 4.78 is 0. The Balaban J connectivity index is 0.000000720. The second-order valence-corrected chi connectivity index (χ2v) is 2.57. The number of H-pyrrole nitrogens is 1. The van der Waals surface area contributed by atoms with Crippen LogP contribution in [0.2, 0.25) is 0 Å². The largest absolute Gasteiger partial charge is 0.346 e. The Labute approximate surface area is 66.8 Å². The van der Waals surface area contributed by atoms with E-state index in [4.69, 9.17) is 0 Å². The Morgan fingerprint density at radius 2 is 2.55 bits per heavy atom. The molecule has 0 saturated heterocycles. The van der Waals surface area contributed by atoms with Gasteiger partial charge in [0, 0.05) is 19.2 Å². The molecule has 0 aliphatic rings. The lowest BCUT2D eigenvalue weighted by Gasteiger charge is -1.89. The van der Waals surface area contributed by atoms with Crippen LogP contribution < -0.4 is 0 Å². The van der Waals surface area contributed by atoms with Crippen LogP contribution in [0.4, 0.5) is 0 Å². The van der Waals surface area contributed by atoms with Crippen molar-refractivity contribution in [1.29, 1.82) is 0 Å². The van der Waals surface area contributed by atoms with E-state index >= 15 is 0 Å². The molecule has 0 atom stereocenters. The molecule has 0 aliphatic carbocycles. The van der Waals surface area contributed by atoms with Crippen LogP contribution in [0.15, 0.2) is 24.5 Å². The van der Waals surface area contributed by atoms with E-state index in [0.717, 1.165) is 12.1 Å². The Kier molecular flexibility index (Phi) is 1.39. The first kappa shape index (κ1) is 6.40. The first-order valence-corrected chi connectivity index (χ1v) is 3.83. The number of aromatic amines is 1. The van der Waals surface area contributed by atoms with Gasteiger partial charge in [0.15, 0.2) is 0 Å². The van der Waals surface area contributed by atoms with Crippen LogP contribution in [0, 0.1) is 0 Å². The van der Waals surface area contributed by atoms with Crippen LogP contribution in [0.25, 0.3) is 11.0 Å². The first-order valence-electron chi connectivity index (χ1n) is 3.83. The predicted molar refractivity (Wildman–Crippen MR) is 47.6 cm³/mol. The fourth-order valence-electron chi connectivity index (χ4n) is 1.31. The summed E-state index contributed by atoms with van der Waals surface area (Å²) in [5.74, 6) is 0. The molecule has 2 aromatic rings. The number of aromatic nitrogens is 2. The fourth-order valence-corrected chi connectivity index (χ4v) is 1.31. The molecule has 0 amide bonds. The van der Waals surface area contributed by atoms with E-state index in [9.17, 15) is 0 Å². The second kappa shape index (κ2) is 2.38. The average Bonchev–Trinajstić information content (AvgIpc) is 2.47. The van der Waals surface area contributed by atoms with Crippen molar-refractivity contribution in [2.24, 2.45) is 0 Å². The monoisotopic (exact) mass is 148 g/mol. The highest BCUT2D eigenvalue weighted by molar-refractivity contribution is 5.79. The number of pyridine rings is 1. The summed E-state index contributed by atoms with van der Waals surface area (Å²) >= 11 is 0. The van der Waals surface area contributed by atoms with Crippen LogP contribution >= 0.6 is 0 Å². The Hall–Kier alpha value is -1.31. The molecule has 0 saturated carbocycles. The highest BCUT2D eigenvalue weighted by Crippen LogP contribution is 2.15. The van der Waals surface area contributed by atoms with Gasteiger partial charge >= 0.3 is 0 Å². The van der Waals surface area contributed by atoms with E-state index in [1.54, 1.807) is 6.20 Å². The minimum absolute atomic E-state index is 0. The maximum Gasteiger partial charge on any atom is 0.137 e. The zero-order valence-electron chi connectivity index (χ0n) is 6.46. The molecule has 2 rings (SSSR count). The molecule has 0 spiro atoms. The molecule has 0 bridgehead atoms. The Morgan fingerprint density at radius 1 is 1.64 bits per heavy atom. The van der Waals surface area contributed by atoms with Crippen LogP contribution in [0.5, 0.6) is 0 Å². The van der Waals surface area contributed by atoms with E-state index in [2.05, 4.69) is 23.0 Å². The molecule has 0 unspecified atom stereocenters. The van der Waals surface area contributed by atoms with Crippen molar-refractivity contribution in [1.82, 2.24) is 9.97 Å². The van der Waals surface area contributed by atoms with E-state index in [0.29, 0.717) is 0 Å². The van der Waals surface area contributed by atoms with Crippen molar-refractivity contribution < 1.29 is 1.43 Å². The van der Waals surface area contributed by atoms with Crippen LogP contribution in [0.3, 0.4) is 0 Å². The van der Waals surface area contributed by atoms with E-state index in [1.165, 1.54) is 10.9 Å². The highest BCUT2D eigenvalue weighted by Gasteiger charge is 1.99. The minimum Gasteiger partial charge on any atom is -0.346 e. The van der Waals surface area contributed by atoms with Gasteiger partial charge < -0.3 is 4.98 Å². The zero-order chi connectivity index (χ0) is 7.68. The lowest BCUT2D eigenvalue weighted by molar-refractivity contribution is 1.15. The number of aryl methyl sites for hydroxylation is 1. The topological polar surface area (TPSA) is 28.7 Å². The number of fused-ring (bicyclic) bond motifs is 1. The van der Waals surface area contributed by atoms with E-state index in [-0.39, 0.29) is 1.43 Å². The molecule has 2 heterocycles. The normalized spacial score (nSPS) is 10.6. The molecular weight excluding hydrogens is 136 g/mol. The maximum absolute atomic E-state index is 4.19. The summed E-state index contributed by atoms with van der Waals surface area (Å²) in [6.07, 6.45) is 4.89. The van der Waals surface area contributed by atoms with Gasteiger partial charge in [-0.25, -0.2) is 4.98 Å². The van der Waals surface area contributed by atoms with E-state index in [1.807, 2.05) is 12.3 Å². The molecule has 1 N–H and O–H groups in total. The molecule has 2 aromatic heterocycles. The zero-order valence-corrected chi connectivity index (χ0v) is 6.46. The Bertz CT molecular complexity index is 367. The second-order valence-electron chi connectivity index (χ2n) is 2.57. The maximum atomic E-state index is 4.19. The van der Waals surface area contributed by atoms with Gasteiger partial charge in [0.05, 0.1) is 0 Å². The van der Waals surface area contributed by atoms with Crippen LogP contribution in [0.1, 0.15) is 13.9 Å². The van der Waals surface area contributed by atoms with Gasteiger partial charge in [0.2, 0.25) is 0 Å². The molecule has 0 aliphatic heterocycles. The highest BCUT2D eigenvalue weighted by atomic mass is 14.8. The summed E-state index contributed by atoms with van der Waals surface area (Å²) in [5.41, 5.74) is 2.33. The Morgan fingerprint density at radius 3 is 3.36 bits per heavy atom. The van der Waals surface area contributed by atoms with Gasteiger partial charge in [-0.3, -0.25) is 0 Å². The molecular formula is C9H12N2. The predicted octanol–water partition coefficient (Wildman–Crippen LogP) is 2.37. The summed E-state index contributed by atoms with van der Waals surface area (Å²) in [6, 6.07) is 4.06. The molecule has 58 valence electrons. The molecule has 0 radical (unpaired) electrons. The lowest BCUT2D eigenvalue weighted by atomic mass is 10.2. The SMILES string of the molecule is CCc1c[nH]c2ncccc12.[HH]. The molecule has 0 aromatic carbocycles. The van der Waals surface area contributed by atoms with Crippen LogP contribution in [-0.4, -0.2) is 9.97 Å². The fraction of sp³-hybridized carbons (Fsp3) is 0.222. The van der Waals surface area contributed by atoms with Crippen molar-refractivity contribution in [3.05, 3.63) is 30.1 Å².